The van der Waals surface area contributed by atoms with E-state index >= 15 is 0 Å². The molecule has 35 heavy (non-hydrogen) atoms. The highest BCUT2D eigenvalue weighted by Crippen LogP contribution is 2.39. The number of carbonyl (C=O) groups excluding carboxylic acids is 1. The summed E-state index contributed by atoms with van der Waals surface area (Å²) in [6.07, 6.45) is -3.39. The largest absolute Gasteiger partial charge is 0.545 e. The van der Waals surface area contributed by atoms with E-state index in [2.05, 4.69) is 0 Å². The fourth-order valence-electron chi connectivity index (χ4n) is 3.78. The highest BCUT2D eigenvalue weighted by molar-refractivity contribution is 6.36. The molecule has 0 atom stereocenters. The van der Waals surface area contributed by atoms with Crippen molar-refractivity contribution in [3.05, 3.63) is 87.3 Å². The molecule has 0 radical (unpaired) electrons. The van der Waals surface area contributed by atoms with Crippen LogP contribution in [-0.4, -0.2) is 24.8 Å². The number of fused-ring (bicyclic) bond motifs is 1. The van der Waals surface area contributed by atoms with Gasteiger partial charge >= 0.3 is 6.18 Å². The van der Waals surface area contributed by atoms with Gasteiger partial charge in [0, 0.05) is 22.8 Å². The molecule has 3 aromatic carbocycles. The maximum absolute atomic E-state index is 13.6. The van der Waals surface area contributed by atoms with Crippen molar-refractivity contribution < 1.29 is 32.5 Å². The zero-order valence-corrected chi connectivity index (χ0v) is 19.0. The van der Waals surface area contributed by atoms with Crippen LogP contribution in [0.1, 0.15) is 15.9 Å². The van der Waals surface area contributed by atoms with Gasteiger partial charge in [-0.15, -0.1) is 0 Å². The third-order valence-electron chi connectivity index (χ3n) is 5.49. The van der Waals surface area contributed by atoms with Crippen molar-refractivity contribution in [2.45, 2.75) is 6.18 Å². The average molecular weight is 503 g/mol. The van der Waals surface area contributed by atoms with Gasteiger partial charge in [-0.05, 0) is 59.7 Å². The van der Waals surface area contributed by atoms with Crippen LogP contribution < -0.4 is 20.1 Å². The second-order valence-electron chi connectivity index (χ2n) is 7.49. The standard InChI is InChI=1S/C25H17ClF3NO5/c1-34-15-6-4-14(5-7-15)30-12-21(26)20-11-16(35-2)10-19(22(20)23(30)31)18-9-13(25(27,28)29)3-8-17(18)24(32)33/h3-12H,1-2H3,(H,32,33)/p-1. The van der Waals surface area contributed by atoms with Gasteiger partial charge in [-0.1, -0.05) is 17.7 Å². The van der Waals surface area contributed by atoms with Crippen LogP contribution >= 0.6 is 11.6 Å². The van der Waals surface area contributed by atoms with Crippen molar-refractivity contribution in [1.82, 2.24) is 4.57 Å². The van der Waals surface area contributed by atoms with Gasteiger partial charge in [0.05, 0.1) is 36.2 Å². The van der Waals surface area contributed by atoms with Crippen LogP contribution in [-0.2, 0) is 6.18 Å². The number of pyridine rings is 1. The van der Waals surface area contributed by atoms with Gasteiger partial charge in [-0.3, -0.25) is 9.36 Å². The van der Waals surface area contributed by atoms with E-state index in [9.17, 15) is 27.9 Å². The Balaban J connectivity index is 2.13. The number of carboxylic acids is 1. The van der Waals surface area contributed by atoms with Crippen molar-refractivity contribution in [2.75, 3.05) is 14.2 Å². The number of aromatic nitrogens is 1. The summed E-state index contributed by atoms with van der Waals surface area (Å²) in [5.41, 5.74) is -2.29. The van der Waals surface area contributed by atoms with Crippen LogP contribution in [0.2, 0.25) is 5.02 Å². The zero-order chi connectivity index (χ0) is 25.5. The number of aromatic carboxylic acids is 1. The van der Waals surface area contributed by atoms with E-state index in [4.69, 9.17) is 21.1 Å². The summed E-state index contributed by atoms with van der Waals surface area (Å²) in [7, 11) is 2.81. The highest BCUT2D eigenvalue weighted by Gasteiger charge is 2.31. The molecular formula is C25H16ClF3NO5-. The fraction of sp³-hybridized carbons (Fsp3) is 0.120. The first kappa shape index (κ1) is 24.2. The molecule has 0 spiro atoms. The molecule has 0 aliphatic carbocycles. The maximum atomic E-state index is 13.6. The van der Waals surface area contributed by atoms with Crippen LogP contribution in [0.4, 0.5) is 13.2 Å². The summed E-state index contributed by atoms with van der Waals surface area (Å²) >= 11 is 6.49. The number of alkyl halides is 3. The van der Waals surface area contributed by atoms with E-state index in [0.29, 0.717) is 23.6 Å². The van der Waals surface area contributed by atoms with Crippen LogP contribution in [0.3, 0.4) is 0 Å². The quantitative estimate of drug-likeness (QED) is 0.395. The predicted molar refractivity (Wildman–Crippen MR) is 122 cm³/mol. The van der Waals surface area contributed by atoms with Crippen molar-refractivity contribution >= 4 is 28.3 Å². The lowest BCUT2D eigenvalue weighted by molar-refractivity contribution is -0.255. The van der Waals surface area contributed by atoms with Crippen molar-refractivity contribution in [2.24, 2.45) is 0 Å². The monoisotopic (exact) mass is 502 g/mol. The van der Waals surface area contributed by atoms with Crippen molar-refractivity contribution in [3.63, 3.8) is 0 Å². The Morgan fingerprint density at radius 1 is 0.943 bits per heavy atom. The van der Waals surface area contributed by atoms with E-state index in [0.717, 1.165) is 6.07 Å². The van der Waals surface area contributed by atoms with E-state index < -0.39 is 28.8 Å². The summed E-state index contributed by atoms with van der Waals surface area (Å²) in [6.45, 7) is 0. The summed E-state index contributed by atoms with van der Waals surface area (Å²) in [4.78, 5) is 25.4. The van der Waals surface area contributed by atoms with E-state index in [1.165, 1.54) is 37.1 Å². The summed E-state index contributed by atoms with van der Waals surface area (Å²) in [5.74, 6) is -0.999. The molecule has 0 N–H and O–H groups in total. The Bertz CT molecular complexity index is 1510. The lowest BCUT2D eigenvalue weighted by atomic mass is 9.93. The maximum Gasteiger partial charge on any atom is 0.416 e. The van der Waals surface area contributed by atoms with Gasteiger partial charge in [0.15, 0.2) is 0 Å². The minimum absolute atomic E-state index is 0.0871. The number of hydrogen-bond donors (Lipinski definition) is 0. The molecule has 180 valence electrons. The normalized spacial score (nSPS) is 11.5. The molecule has 0 saturated carbocycles. The van der Waals surface area contributed by atoms with Gasteiger partial charge in [0.1, 0.15) is 11.5 Å². The Morgan fingerprint density at radius 3 is 2.17 bits per heavy atom. The minimum Gasteiger partial charge on any atom is -0.545 e. The van der Waals surface area contributed by atoms with Crippen LogP contribution in [0.15, 0.2) is 65.6 Å². The first-order valence-corrected chi connectivity index (χ1v) is 10.4. The minimum atomic E-state index is -4.76. The first-order chi connectivity index (χ1) is 16.5. The third-order valence-corrected chi connectivity index (χ3v) is 5.79. The van der Waals surface area contributed by atoms with E-state index in [-0.39, 0.29) is 32.7 Å². The molecular weight excluding hydrogens is 487 g/mol. The molecule has 4 rings (SSSR count). The molecule has 6 nitrogen and oxygen atoms in total. The third kappa shape index (κ3) is 4.42. The van der Waals surface area contributed by atoms with Gasteiger partial charge in [-0.25, -0.2) is 0 Å². The molecule has 0 aliphatic heterocycles. The number of rotatable bonds is 5. The lowest BCUT2D eigenvalue weighted by Crippen LogP contribution is -2.24. The smallest absolute Gasteiger partial charge is 0.416 e. The fourth-order valence-corrected chi connectivity index (χ4v) is 4.03. The van der Waals surface area contributed by atoms with Gasteiger partial charge in [0.2, 0.25) is 0 Å². The van der Waals surface area contributed by atoms with Crippen molar-refractivity contribution in [1.29, 1.82) is 0 Å². The predicted octanol–water partition coefficient (Wildman–Crippen LogP) is 4.71. The van der Waals surface area contributed by atoms with Gasteiger partial charge < -0.3 is 19.4 Å². The number of carbonyl (C=O) groups is 1. The first-order valence-electron chi connectivity index (χ1n) is 10.1. The Kier molecular flexibility index (Phi) is 6.21. The zero-order valence-electron chi connectivity index (χ0n) is 18.3. The number of carboxylic acid groups (broad SMARTS) is 1. The molecule has 4 aromatic rings. The average Bonchev–Trinajstić information content (AvgIpc) is 2.84. The lowest BCUT2D eigenvalue weighted by Gasteiger charge is -2.18. The number of halogens is 4. The molecule has 10 heteroatoms. The second kappa shape index (κ2) is 8.99. The Labute approximate surface area is 201 Å². The summed E-state index contributed by atoms with van der Waals surface area (Å²) in [5, 5.41) is 12.0. The number of methoxy groups -OCH3 is 2. The second-order valence-corrected chi connectivity index (χ2v) is 7.90. The van der Waals surface area contributed by atoms with Crippen LogP contribution in [0.5, 0.6) is 11.5 Å². The molecule has 0 amide bonds. The topological polar surface area (TPSA) is 80.6 Å². The summed E-state index contributed by atoms with van der Waals surface area (Å²) < 4.78 is 52.0. The van der Waals surface area contributed by atoms with Crippen LogP contribution in [0, 0.1) is 0 Å². The molecule has 1 aromatic heterocycles. The van der Waals surface area contributed by atoms with E-state index in [1.807, 2.05) is 0 Å². The van der Waals surface area contributed by atoms with Gasteiger partial charge in [-0.2, -0.15) is 13.2 Å². The van der Waals surface area contributed by atoms with E-state index in [1.54, 1.807) is 24.3 Å². The molecule has 0 unspecified atom stereocenters. The molecule has 0 aliphatic rings. The van der Waals surface area contributed by atoms with Crippen LogP contribution in [0.25, 0.3) is 27.6 Å². The number of benzene rings is 3. The van der Waals surface area contributed by atoms with Crippen molar-refractivity contribution in [3.8, 4) is 28.3 Å². The summed E-state index contributed by atoms with van der Waals surface area (Å²) in [6, 6.07) is 11.3. The Morgan fingerprint density at radius 2 is 1.60 bits per heavy atom. The SMILES string of the molecule is COc1ccc(-n2cc(Cl)c3cc(OC)cc(-c4cc(C(F)(F)F)ccc4C(=O)[O-])c3c2=O)cc1. The molecule has 1 heterocycles. The number of nitrogens with zero attached hydrogens (tertiary/aromatic N) is 1. The highest BCUT2D eigenvalue weighted by atomic mass is 35.5. The number of ether oxygens (including phenoxy) is 2. The molecule has 0 bridgehead atoms. The Hall–Kier alpha value is -3.98. The van der Waals surface area contributed by atoms with Gasteiger partial charge in [0.25, 0.3) is 5.56 Å². The molecule has 0 fully saturated rings. The molecule has 0 saturated heterocycles. The number of hydrogen-bond acceptors (Lipinski definition) is 5.